The number of aromatic nitrogens is 4. The second kappa shape index (κ2) is 6.84. The minimum Gasteiger partial charge on any atom is -0.496 e. The number of rotatable bonds is 4. The molecule has 8 nitrogen and oxygen atoms in total. The zero-order valence-corrected chi connectivity index (χ0v) is 16.7. The minimum absolute atomic E-state index is 0.363. The lowest BCUT2D eigenvalue weighted by molar-refractivity contribution is 0.393. The van der Waals surface area contributed by atoms with Crippen LogP contribution >= 0.6 is 0 Å². The Balaban J connectivity index is 1.79. The first kappa shape index (κ1) is 18.1. The largest absolute Gasteiger partial charge is 0.496 e. The van der Waals surface area contributed by atoms with Crippen LogP contribution in [0.1, 0.15) is 17.0 Å². The molecule has 0 saturated carbocycles. The van der Waals surface area contributed by atoms with Crippen molar-refractivity contribution in [1.29, 1.82) is 0 Å². The maximum atomic E-state index is 12.6. The molecule has 30 heavy (non-hydrogen) atoms. The molecule has 0 N–H and O–H groups in total. The van der Waals surface area contributed by atoms with E-state index in [0.29, 0.717) is 34.7 Å². The van der Waals surface area contributed by atoms with Gasteiger partial charge in [0, 0.05) is 23.3 Å². The first-order valence-electron chi connectivity index (χ1n) is 9.39. The fourth-order valence-corrected chi connectivity index (χ4v) is 3.83. The van der Waals surface area contributed by atoms with Crippen LogP contribution < -0.4 is 10.5 Å². The van der Waals surface area contributed by atoms with Gasteiger partial charge in [-0.15, -0.1) is 0 Å². The monoisotopic (exact) mass is 402 g/mol. The van der Waals surface area contributed by atoms with E-state index in [2.05, 4.69) is 15.1 Å². The van der Waals surface area contributed by atoms with Crippen LogP contribution in [0.2, 0.25) is 0 Å². The number of methoxy groups -OCH3 is 1. The summed E-state index contributed by atoms with van der Waals surface area (Å²) >= 11 is 0. The Labute approximate surface area is 170 Å². The highest BCUT2D eigenvalue weighted by Crippen LogP contribution is 2.38. The molecule has 4 aromatic heterocycles. The lowest BCUT2D eigenvalue weighted by Crippen LogP contribution is -2.15. The van der Waals surface area contributed by atoms with Crippen molar-refractivity contribution in [2.45, 2.75) is 20.4 Å². The summed E-state index contributed by atoms with van der Waals surface area (Å²) in [5.41, 5.74) is 5.22. The van der Waals surface area contributed by atoms with Gasteiger partial charge in [0.15, 0.2) is 5.58 Å². The topological polar surface area (TPSA) is 96.2 Å². The van der Waals surface area contributed by atoms with E-state index >= 15 is 0 Å². The normalized spacial score (nSPS) is 11.4. The Morgan fingerprint density at radius 1 is 1.17 bits per heavy atom. The SMILES string of the molecule is COc1cc2c(cc1-c1c(C)noc1C)ncc1oc(=O)n(Cc3ccncc3)c12. The average Bonchev–Trinajstić information content (AvgIpc) is 3.26. The van der Waals surface area contributed by atoms with Crippen LogP contribution in [-0.4, -0.2) is 26.8 Å². The van der Waals surface area contributed by atoms with E-state index in [4.69, 9.17) is 13.7 Å². The number of fused-ring (bicyclic) bond motifs is 3. The van der Waals surface area contributed by atoms with E-state index in [1.807, 2.05) is 38.1 Å². The first-order valence-corrected chi connectivity index (χ1v) is 9.39. The molecule has 150 valence electrons. The van der Waals surface area contributed by atoms with Gasteiger partial charge >= 0.3 is 5.76 Å². The third-order valence-electron chi connectivity index (χ3n) is 5.21. The van der Waals surface area contributed by atoms with Gasteiger partial charge in [-0.3, -0.25) is 14.5 Å². The van der Waals surface area contributed by atoms with Crippen molar-refractivity contribution >= 4 is 22.0 Å². The molecule has 0 spiro atoms. The van der Waals surface area contributed by atoms with Crippen LogP contribution in [-0.2, 0) is 6.54 Å². The number of hydrogen-bond acceptors (Lipinski definition) is 7. The van der Waals surface area contributed by atoms with Crippen molar-refractivity contribution in [3.8, 4) is 16.9 Å². The molecular weight excluding hydrogens is 384 g/mol. The molecule has 0 atom stereocenters. The molecule has 0 amide bonds. The second-order valence-electron chi connectivity index (χ2n) is 7.05. The lowest BCUT2D eigenvalue weighted by atomic mass is 10.0. The highest BCUT2D eigenvalue weighted by molar-refractivity contribution is 6.04. The van der Waals surface area contributed by atoms with E-state index in [1.54, 1.807) is 30.3 Å². The highest BCUT2D eigenvalue weighted by atomic mass is 16.5. The predicted octanol–water partition coefficient (Wildman–Crippen LogP) is 3.87. The molecule has 0 aliphatic heterocycles. The predicted molar refractivity (Wildman–Crippen MR) is 111 cm³/mol. The van der Waals surface area contributed by atoms with Crippen molar-refractivity contribution in [3.05, 3.63) is 70.4 Å². The summed E-state index contributed by atoms with van der Waals surface area (Å²) in [6.07, 6.45) is 4.97. The van der Waals surface area contributed by atoms with Gasteiger partial charge < -0.3 is 13.7 Å². The number of pyridine rings is 2. The summed E-state index contributed by atoms with van der Waals surface area (Å²) in [6, 6.07) is 7.54. The lowest BCUT2D eigenvalue weighted by Gasteiger charge is -2.11. The van der Waals surface area contributed by atoms with Crippen LogP contribution in [0.5, 0.6) is 5.75 Å². The number of aryl methyl sites for hydroxylation is 2. The van der Waals surface area contributed by atoms with Gasteiger partial charge in [0.2, 0.25) is 0 Å². The van der Waals surface area contributed by atoms with Gasteiger partial charge in [-0.05, 0) is 43.7 Å². The van der Waals surface area contributed by atoms with Gasteiger partial charge in [0.05, 0.1) is 36.6 Å². The number of hydrogen-bond donors (Lipinski definition) is 0. The van der Waals surface area contributed by atoms with Gasteiger partial charge in [0.25, 0.3) is 0 Å². The van der Waals surface area contributed by atoms with E-state index < -0.39 is 5.76 Å². The van der Waals surface area contributed by atoms with Crippen LogP contribution in [0.4, 0.5) is 0 Å². The molecular formula is C22H18N4O4. The van der Waals surface area contributed by atoms with Crippen LogP contribution in [0.15, 0.2) is 56.6 Å². The molecule has 0 fully saturated rings. The van der Waals surface area contributed by atoms with Crippen molar-refractivity contribution < 1.29 is 13.7 Å². The van der Waals surface area contributed by atoms with Gasteiger partial charge in [-0.25, -0.2) is 4.79 Å². The fraction of sp³-hybridized carbons (Fsp3) is 0.182. The zero-order valence-electron chi connectivity index (χ0n) is 16.7. The summed E-state index contributed by atoms with van der Waals surface area (Å²) < 4.78 is 18.1. The number of ether oxygens (including phenoxy) is 1. The smallest absolute Gasteiger partial charge is 0.420 e. The number of nitrogens with zero attached hydrogens (tertiary/aromatic N) is 4. The Hall–Kier alpha value is -3.94. The second-order valence-corrected chi connectivity index (χ2v) is 7.05. The molecule has 0 bridgehead atoms. The van der Waals surface area contributed by atoms with Gasteiger partial charge in [0.1, 0.15) is 17.0 Å². The molecule has 1 aromatic carbocycles. The molecule has 8 heteroatoms. The molecule has 0 radical (unpaired) electrons. The molecule has 5 aromatic rings. The van der Waals surface area contributed by atoms with Crippen LogP contribution in [0, 0.1) is 13.8 Å². The van der Waals surface area contributed by atoms with E-state index in [0.717, 1.165) is 27.8 Å². The quantitative estimate of drug-likeness (QED) is 0.450. The minimum atomic E-state index is -0.440. The maximum absolute atomic E-state index is 12.6. The van der Waals surface area contributed by atoms with Crippen molar-refractivity contribution in [3.63, 3.8) is 0 Å². The fourth-order valence-electron chi connectivity index (χ4n) is 3.83. The van der Waals surface area contributed by atoms with Gasteiger partial charge in [-0.1, -0.05) is 5.16 Å². The summed E-state index contributed by atoms with van der Waals surface area (Å²) in [5, 5.41) is 4.81. The Morgan fingerprint density at radius 2 is 1.97 bits per heavy atom. The standard InChI is InChI=1S/C22H18N4O4/c1-12-20(13(2)30-25-12)16-8-17-15(9-18(16)28-3)21-19(10-24-17)29-22(27)26(21)11-14-4-6-23-7-5-14/h4-10H,11H2,1-3H3. The summed E-state index contributed by atoms with van der Waals surface area (Å²) in [5.74, 6) is 0.893. The Kier molecular flexibility index (Phi) is 4.13. The van der Waals surface area contributed by atoms with Crippen molar-refractivity contribution in [2.75, 3.05) is 7.11 Å². The van der Waals surface area contributed by atoms with E-state index in [1.165, 1.54) is 0 Å². The molecule has 0 aliphatic rings. The number of oxazole rings is 1. The number of benzene rings is 1. The average molecular weight is 402 g/mol. The van der Waals surface area contributed by atoms with Crippen molar-refractivity contribution in [2.24, 2.45) is 0 Å². The Morgan fingerprint density at radius 3 is 2.67 bits per heavy atom. The van der Waals surface area contributed by atoms with Gasteiger partial charge in [-0.2, -0.15) is 0 Å². The summed E-state index contributed by atoms with van der Waals surface area (Å²) in [4.78, 5) is 21.1. The maximum Gasteiger partial charge on any atom is 0.420 e. The molecule has 0 aliphatic carbocycles. The van der Waals surface area contributed by atoms with E-state index in [9.17, 15) is 4.79 Å². The van der Waals surface area contributed by atoms with E-state index in [-0.39, 0.29) is 0 Å². The molecule has 0 unspecified atom stereocenters. The van der Waals surface area contributed by atoms with Crippen molar-refractivity contribution in [1.82, 2.24) is 19.7 Å². The Bertz CT molecular complexity index is 1430. The molecule has 5 rings (SSSR count). The third kappa shape index (κ3) is 2.76. The first-order chi connectivity index (χ1) is 14.6. The van der Waals surface area contributed by atoms with Crippen LogP contribution in [0.3, 0.4) is 0 Å². The zero-order chi connectivity index (χ0) is 20.8. The summed E-state index contributed by atoms with van der Waals surface area (Å²) in [6.45, 7) is 4.11. The van der Waals surface area contributed by atoms with Crippen LogP contribution in [0.25, 0.3) is 33.1 Å². The molecule has 0 saturated heterocycles. The summed E-state index contributed by atoms with van der Waals surface area (Å²) in [7, 11) is 1.61. The molecule has 4 heterocycles. The highest BCUT2D eigenvalue weighted by Gasteiger charge is 2.20. The third-order valence-corrected chi connectivity index (χ3v) is 5.21.